The van der Waals surface area contributed by atoms with Crippen molar-refractivity contribution in [3.05, 3.63) is 89.3 Å². The molecule has 2 rings (SSSR count). The predicted molar refractivity (Wildman–Crippen MR) is 105 cm³/mol. The zero-order valence-corrected chi connectivity index (χ0v) is 15.6. The number of hydrogen-bond donors (Lipinski definition) is 1. The molecule has 1 unspecified atom stereocenters. The molecule has 140 valence electrons. The Bertz CT molecular complexity index is 884. The fraction of sp³-hybridized carbons (Fsp3) is 0.182. The van der Waals surface area contributed by atoms with Crippen LogP contribution in [0.15, 0.2) is 77.9 Å². The number of rotatable bonds is 6. The number of nitrogens with zero attached hydrogens (tertiary/aromatic N) is 1. The van der Waals surface area contributed by atoms with Crippen LogP contribution in [0.5, 0.6) is 0 Å². The quantitative estimate of drug-likeness (QED) is 0.775. The molecule has 4 nitrogen and oxygen atoms in total. The highest BCUT2D eigenvalue weighted by molar-refractivity contribution is 6.03. The lowest BCUT2D eigenvalue weighted by Gasteiger charge is -2.32. The maximum atomic E-state index is 13.9. The number of halogens is 1. The third-order valence-electron chi connectivity index (χ3n) is 3.91. The molecule has 0 spiro atoms. The van der Waals surface area contributed by atoms with Crippen LogP contribution in [0.2, 0.25) is 0 Å². The average molecular weight is 366 g/mol. The van der Waals surface area contributed by atoms with Gasteiger partial charge in [0.2, 0.25) is 5.91 Å². The zero-order valence-electron chi connectivity index (χ0n) is 15.6. The van der Waals surface area contributed by atoms with E-state index >= 15 is 0 Å². The van der Waals surface area contributed by atoms with Crippen molar-refractivity contribution in [2.45, 2.75) is 26.8 Å². The molecule has 0 saturated heterocycles. The van der Waals surface area contributed by atoms with Gasteiger partial charge in [0.25, 0.3) is 5.91 Å². The number of amides is 2. The fourth-order valence-corrected chi connectivity index (χ4v) is 2.90. The lowest BCUT2D eigenvalue weighted by atomic mass is 9.96. The molecule has 2 aromatic rings. The summed E-state index contributed by atoms with van der Waals surface area (Å²) in [5.41, 5.74) is 7.87. The number of benzene rings is 2. The van der Waals surface area contributed by atoms with Gasteiger partial charge in [-0.1, -0.05) is 35.9 Å². The molecule has 0 bridgehead atoms. The van der Waals surface area contributed by atoms with Crippen LogP contribution in [0, 0.1) is 5.82 Å². The van der Waals surface area contributed by atoms with Gasteiger partial charge in [-0.05, 0) is 56.2 Å². The summed E-state index contributed by atoms with van der Waals surface area (Å²) < 4.78 is 13.9. The first kappa shape index (κ1) is 20.1. The number of primary amides is 1. The fourth-order valence-electron chi connectivity index (χ4n) is 2.90. The second kappa shape index (κ2) is 8.94. The highest BCUT2D eigenvalue weighted by Gasteiger charge is 2.27. The Kier molecular flexibility index (Phi) is 6.66. The van der Waals surface area contributed by atoms with Crippen LogP contribution in [-0.2, 0) is 9.59 Å². The predicted octanol–water partition coefficient (Wildman–Crippen LogP) is 4.30. The number of hydrogen-bond acceptors (Lipinski definition) is 2. The average Bonchev–Trinajstić information content (AvgIpc) is 2.58. The van der Waals surface area contributed by atoms with Crippen LogP contribution in [0.1, 0.15) is 32.4 Å². The molecule has 0 aliphatic heterocycles. The number of carbonyl (C=O) groups excluding carboxylic acids is 2. The number of allylic oxidation sites excluding steroid dienone is 1. The monoisotopic (exact) mass is 366 g/mol. The Balaban J connectivity index is 2.71. The summed E-state index contributed by atoms with van der Waals surface area (Å²) in [5.74, 6) is -1.32. The Labute approximate surface area is 158 Å². The first-order valence-electron chi connectivity index (χ1n) is 8.56. The van der Waals surface area contributed by atoms with Crippen molar-refractivity contribution < 1.29 is 14.0 Å². The van der Waals surface area contributed by atoms with E-state index in [4.69, 9.17) is 5.73 Å². The van der Waals surface area contributed by atoms with Gasteiger partial charge in [0, 0.05) is 17.8 Å². The van der Waals surface area contributed by atoms with E-state index in [0.717, 1.165) is 5.57 Å². The van der Waals surface area contributed by atoms with Crippen molar-refractivity contribution >= 4 is 17.5 Å². The largest absolute Gasteiger partial charge is 0.366 e. The first-order chi connectivity index (χ1) is 12.8. The van der Waals surface area contributed by atoms with E-state index in [-0.39, 0.29) is 5.91 Å². The summed E-state index contributed by atoms with van der Waals surface area (Å²) in [6, 6.07) is 14.4. The Morgan fingerprint density at radius 3 is 2.22 bits per heavy atom. The SMILES string of the molecule is CC(C)=CC(=O)N(c1ccccc1)C(C(C)=CC(N)=O)c1cccc(F)c1. The molecule has 2 amide bonds. The zero-order chi connectivity index (χ0) is 20.0. The van der Waals surface area contributed by atoms with Gasteiger partial charge in [-0.3, -0.25) is 14.5 Å². The second-order valence-corrected chi connectivity index (χ2v) is 6.51. The molecule has 2 aromatic carbocycles. The van der Waals surface area contributed by atoms with Gasteiger partial charge in [-0.2, -0.15) is 0 Å². The lowest BCUT2D eigenvalue weighted by Crippen LogP contribution is -2.35. The normalized spacial score (nSPS) is 12.2. The molecule has 0 aliphatic carbocycles. The highest BCUT2D eigenvalue weighted by atomic mass is 19.1. The maximum Gasteiger partial charge on any atom is 0.251 e. The van der Waals surface area contributed by atoms with Gasteiger partial charge < -0.3 is 5.73 Å². The molecule has 0 heterocycles. The number of anilines is 1. The topological polar surface area (TPSA) is 63.4 Å². The number of nitrogens with two attached hydrogens (primary N) is 1. The Morgan fingerprint density at radius 2 is 1.67 bits per heavy atom. The van der Waals surface area contributed by atoms with Gasteiger partial charge in [-0.15, -0.1) is 0 Å². The first-order valence-corrected chi connectivity index (χ1v) is 8.56. The van der Waals surface area contributed by atoms with Crippen molar-refractivity contribution in [1.82, 2.24) is 0 Å². The molecule has 0 radical (unpaired) electrons. The molecule has 1 atom stereocenters. The van der Waals surface area contributed by atoms with Crippen LogP contribution in [-0.4, -0.2) is 11.8 Å². The molecule has 0 saturated carbocycles. The molecule has 0 aliphatic rings. The summed E-state index contributed by atoms with van der Waals surface area (Å²) in [6.45, 7) is 5.35. The van der Waals surface area contributed by atoms with Gasteiger partial charge in [-0.25, -0.2) is 4.39 Å². The van der Waals surface area contributed by atoms with E-state index in [9.17, 15) is 14.0 Å². The molecule has 0 fully saturated rings. The molecule has 2 N–H and O–H groups in total. The number of para-hydroxylation sites is 1. The Hall–Kier alpha value is -3.21. The molecule has 0 aromatic heterocycles. The minimum atomic E-state index is -0.682. The van der Waals surface area contributed by atoms with Crippen molar-refractivity contribution in [1.29, 1.82) is 0 Å². The van der Waals surface area contributed by atoms with Gasteiger partial charge in [0.05, 0.1) is 6.04 Å². The van der Waals surface area contributed by atoms with E-state index in [1.54, 1.807) is 31.2 Å². The highest BCUT2D eigenvalue weighted by Crippen LogP contribution is 2.33. The van der Waals surface area contributed by atoms with Gasteiger partial charge >= 0.3 is 0 Å². The van der Waals surface area contributed by atoms with Crippen molar-refractivity contribution in [3.8, 4) is 0 Å². The summed E-state index contributed by atoms with van der Waals surface area (Å²) in [5, 5.41) is 0. The standard InChI is InChI=1S/C22H23FN2O2/c1-15(2)12-21(27)25(19-10-5-4-6-11-19)22(16(3)13-20(24)26)17-8-7-9-18(23)14-17/h4-14,22H,1-3H3,(H2,24,26). The van der Waals surface area contributed by atoms with E-state index < -0.39 is 17.8 Å². The van der Waals surface area contributed by atoms with Crippen LogP contribution in [0.25, 0.3) is 0 Å². The van der Waals surface area contributed by atoms with Crippen LogP contribution in [0.4, 0.5) is 10.1 Å². The van der Waals surface area contributed by atoms with E-state index in [0.29, 0.717) is 16.8 Å². The maximum absolute atomic E-state index is 13.9. The third-order valence-corrected chi connectivity index (χ3v) is 3.91. The third kappa shape index (κ3) is 5.38. The minimum Gasteiger partial charge on any atom is -0.366 e. The van der Waals surface area contributed by atoms with Crippen molar-refractivity contribution in [2.24, 2.45) is 5.73 Å². The molecule has 5 heteroatoms. The molecular weight excluding hydrogens is 343 g/mol. The van der Waals surface area contributed by atoms with Gasteiger partial charge in [0.15, 0.2) is 0 Å². The molecular formula is C22H23FN2O2. The summed E-state index contributed by atoms with van der Waals surface area (Å²) in [7, 11) is 0. The van der Waals surface area contributed by atoms with Crippen molar-refractivity contribution in [2.75, 3.05) is 4.90 Å². The summed E-state index contributed by atoms with van der Waals surface area (Å²) in [6.07, 6.45) is 2.78. The number of carbonyl (C=O) groups is 2. The van der Waals surface area contributed by atoms with Crippen LogP contribution in [0.3, 0.4) is 0 Å². The van der Waals surface area contributed by atoms with E-state index in [1.165, 1.54) is 29.2 Å². The summed E-state index contributed by atoms with van der Waals surface area (Å²) >= 11 is 0. The van der Waals surface area contributed by atoms with Gasteiger partial charge in [0.1, 0.15) is 5.82 Å². The van der Waals surface area contributed by atoms with Crippen molar-refractivity contribution in [3.63, 3.8) is 0 Å². The molecule has 27 heavy (non-hydrogen) atoms. The van der Waals surface area contributed by atoms with E-state index in [1.807, 2.05) is 32.0 Å². The lowest BCUT2D eigenvalue weighted by molar-refractivity contribution is -0.115. The second-order valence-electron chi connectivity index (χ2n) is 6.51. The summed E-state index contributed by atoms with van der Waals surface area (Å²) in [4.78, 5) is 26.1. The smallest absolute Gasteiger partial charge is 0.251 e. The van der Waals surface area contributed by atoms with E-state index in [2.05, 4.69) is 0 Å². The van der Waals surface area contributed by atoms with Crippen LogP contribution >= 0.6 is 0 Å². The Morgan fingerprint density at radius 1 is 1.00 bits per heavy atom. The minimum absolute atomic E-state index is 0.271. The van der Waals surface area contributed by atoms with Crippen LogP contribution < -0.4 is 10.6 Å².